The molecule has 0 heterocycles. The van der Waals surface area contributed by atoms with Crippen molar-refractivity contribution < 1.29 is 13.6 Å². The Morgan fingerprint density at radius 3 is 2.55 bits per heavy atom. The third-order valence-corrected chi connectivity index (χ3v) is 6.54. The van der Waals surface area contributed by atoms with Gasteiger partial charge in [0.05, 0.1) is 0 Å². The van der Waals surface area contributed by atoms with Gasteiger partial charge >= 0.3 is 14.5 Å². The first-order valence-electron chi connectivity index (χ1n) is 7.19. The molecule has 0 aliphatic carbocycles. The molecule has 1 aromatic rings. The van der Waals surface area contributed by atoms with Crippen LogP contribution in [-0.4, -0.2) is 21.1 Å². The van der Waals surface area contributed by atoms with E-state index in [1.54, 1.807) is 0 Å². The SMILES string of the molecule is C=CC(=O)O[Si](CCCC)(Cc1ccccc1)OCC. The molecule has 1 unspecified atom stereocenters. The zero-order valence-corrected chi connectivity index (χ0v) is 13.4. The minimum absolute atomic E-state index is 0.378. The first kappa shape index (κ1) is 16.7. The normalized spacial score (nSPS) is 13.5. The summed E-state index contributed by atoms with van der Waals surface area (Å²) in [6.45, 7) is 8.12. The Hall–Kier alpha value is -1.39. The molecule has 110 valence electrons. The average Bonchev–Trinajstić information content (AvgIpc) is 2.46. The van der Waals surface area contributed by atoms with E-state index in [1.807, 2.05) is 25.1 Å². The summed E-state index contributed by atoms with van der Waals surface area (Å²) in [6, 6.07) is 11.6. The van der Waals surface area contributed by atoms with E-state index >= 15 is 0 Å². The van der Waals surface area contributed by atoms with E-state index in [2.05, 4.69) is 25.6 Å². The van der Waals surface area contributed by atoms with Crippen LogP contribution in [0.25, 0.3) is 0 Å². The first-order chi connectivity index (χ1) is 9.65. The summed E-state index contributed by atoms with van der Waals surface area (Å²) >= 11 is 0. The summed E-state index contributed by atoms with van der Waals surface area (Å²) in [5.74, 6) is -0.378. The van der Waals surface area contributed by atoms with E-state index < -0.39 is 8.56 Å². The minimum atomic E-state index is -2.56. The molecule has 0 saturated carbocycles. The van der Waals surface area contributed by atoms with Crippen molar-refractivity contribution in [3.63, 3.8) is 0 Å². The van der Waals surface area contributed by atoms with Gasteiger partial charge in [-0.05, 0) is 12.5 Å². The van der Waals surface area contributed by atoms with Crippen LogP contribution in [0.1, 0.15) is 32.3 Å². The molecule has 0 amide bonds. The van der Waals surface area contributed by atoms with Crippen molar-refractivity contribution in [2.75, 3.05) is 6.61 Å². The van der Waals surface area contributed by atoms with Gasteiger partial charge in [-0.25, -0.2) is 4.79 Å². The molecule has 0 aliphatic rings. The Balaban J connectivity index is 2.94. The van der Waals surface area contributed by atoms with Crippen LogP contribution in [0.2, 0.25) is 6.04 Å². The second kappa shape index (κ2) is 8.71. The fourth-order valence-electron chi connectivity index (χ4n) is 2.17. The van der Waals surface area contributed by atoms with Crippen molar-refractivity contribution in [2.24, 2.45) is 0 Å². The van der Waals surface area contributed by atoms with Crippen molar-refractivity contribution in [3.05, 3.63) is 48.6 Å². The lowest BCUT2D eigenvalue weighted by Crippen LogP contribution is -2.46. The van der Waals surface area contributed by atoms with Crippen molar-refractivity contribution >= 4 is 14.5 Å². The van der Waals surface area contributed by atoms with Crippen LogP contribution < -0.4 is 0 Å². The van der Waals surface area contributed by atoms with Gasteiger partial charge in [-0.3, -0.25) is 0 Å². The third-order valence-electron chi connectivity index (χ3n) is 3.09. The van der Waals surface area contributed by atoms with Crippen molar-refractivity contribution in [2.45, 2.75) is 38.8 Å². The quantitative estimate of drug-likeness (QED) is 0.513. The van der Waals surface area contributed by atoms with Crippen molar-refractivity contribution in [3.8, 4) is 0 Å². The highest BCUT2D eigenvalue weighted by Crippen LogP contribution is 2.23. The van der Waals surface area contributed by atoms with E-state index in [-0.39, 0.29) is 5.97 Å². The molecular weight excluding hydrogens is 268 g/mol. The van der Waals surface area contributed by atoms with E-state index in [4.69, 9.17) is 8.85 Å². The van der Waals surface area contributed by atoms with Gasteiger partial charge in [0.1, 0.15) is 0 Å². The number of benzene rings is 1. The molecule has 0 fully saturated rings. The minimum Gasteiger partial charge on any atom is -0.491 e. The Labute approximate surface area is 122 Å². The van der Waals surface area contributed by atoms with Crippen molar-refractivity contribution in [1.82, 2.24) is 0 Å². The Morgan fingerprint density at radius 1 is 1.30 bits per heavy atom. The third kappa shape index (κ3) is 5.31. The summed E-state index contributed by atoms with van der Waals surface area (Å²) in [6.07, 6.45) is 3.28. The molecule has 4 heteroatoms. The summed E-state index contributed by atoms with van der Waals surface area (Å²) in [5.41, 5.74) is 1.15. The topological polar surface area (TPSA) is 35.5 Å². The molecule has 1 atom stereocenters. The molecule has 1 rings (SSSR count). The molecule has 0 radical (unpaired) electrons. The Morgan fingerprint density at radius 2 is 2.00 bits per heavy atom. The highest BCUT2D eigenvalue weighted by atomic mass is 28.4. The monoisotopic (exact) mass is 292 g/mol. The maximum Gasteiger partial charge on any atom is 0.406 e. The molecule has 1 aromatic carbocycles. The summed E-state index contributed by atoms with van der Waals surface area (Å²) in [4.78, 5) is 11.7. The van der Waals surface area contributed by atoms with E-state index in [1.165, 1.54) is 6.08 Å². The van der Waals surface area contributed by atoms with E-state index in [0.29, 0.717) is 12.7 Å². The van der Waals surface area contributed by atoms with Gasteiger partial charge in [0.25, 0.3) is 0 Å². The van der Waals surface area contributed by atoms with Crippen LogP contribution in [0.5, 0.6) is 0 Å². The molecule has 3 nitrogen and oxygen atoms in total. The smallest absolute Gasteiger partial charge is 0.406 e. The molecule has 20 heavy (non-hydrogen) atoms. The number of carbonyl (C=O) groups excluding carboxylic acids is 1. The van der Waals surface area contributed by atoms with Gasteiger partial charge in [-0.1, -0.05) is 56.7 Å². The molecular formula is C16H24O3Si. The molecule has 0 saturated heterocycles. The lowest BCUT2D eigenvalue weighted by molar-refractivity contribution is -0.131. The van der Waals surface area contributed by atoms with Crippen LogP contribution >= 0.6 is 0 Å². The number of hydrogen-bond acceptors (Lipinski definition) is 3. The standard InChI is InChI=1S/C16H24O3Si/c1-4-7-13-20(18-6-3,19-16(17)5-2)14-15-11-9-8-10-12-15/h5,8-12H,2,4,6-7,13-14H2,1,3H3. The molecule has 0 N–H and O–H groups in total. The molecule has 0 spiro atoms. The number of hydrogen-bond donors (Lipinski definition) is 0. The molecule has 0 aromatic heterocycles. The molecule has 0 bridgehead atoms. The predicted molar refractivity (Wildman–Crippen MR) is 83.5 cm³/mol. The van der Waals surface area contributed by atoms with Crippen LogP contribution in [0.15, 0.2) is 43.0 Å². The number of rotatable bonds is 9. The second-order valence-corrected chi connectivity index (χ2v) is 7.90. The fourth-order valence-corrected chi connectivity index (χ4v) is 5.55. The van der Waals surface area contributed by atoms with Gasteiger partial charge < -0.3 is 8.85 Å². The zero-order valence-electron chi connectivity index (χ0n) is 12.4. The summed E-state index contributed by atoms with van der Waals surface area (Å²) in [5, 5.41) is 0. The first-order valence-corrected chi connectivity index (χ1v) is 9.42. The maximum absolute atomic E-state index is 11.7. The number of carbonyl (C=O) groups is 1. The van der Waals surface area contributed by atoms with Gasteiger partial charge in [0.15, 0.2) is 0 Å². The lowest BCUT2D eigenvalue weighted by Gasteiger charge is -2.29. The van der Waals surface area contributed by atoms with Crippen LogP contribution in [0.3, 0.4) is 0 Å². The highest BCUT2D eigenvalue weighted by molar-refractivity contribution is 6.68. The highest BCUT2D eigenvalue weighted by Gasteiger charge is 2.40. The Kier molecular flexibility index (Phi) is 7.26. The van der Waals surface area contributed by atoms with Gasteiger partial charge in [0.2, 0.25) is 0 Å². The van der Waals surface area contributed by atoms with E-state index in [0.717, 1.165) is 24.4 Å². The summed E-state index contributed by atoms with van der Waals surface area (Å²) in [7, 11) is -2.56. The van der Waals surface area contributed by atoms with Crippen molar-refractivity contribution in [1.29, 1.82) is 0 Å². The zero-order chi connectivity index (χ0) is 14.8. The van der Waals surface area contributed by atoms with Gasteiger partial charge in [-0.15, -0.1) is 0 Å². The number of unbranched alkanes of at least 4 members (excludes halogenated alkanes) is 1. The van der Waals surface area contributed by atoms with Crippen LogP contribution in [0.4, 0.5) is 0 Å². The predicted octanol–water partition coefficient (Wildman–Crippen LogP) is 3.78. The summed E-state index contributed by atoms with van der Waals surface area (Å²) < 4.78 is 11.6. The largest absolute Gasteiger partial charge is 0.491 e. The maximum atomic E-state index is 11.7. The van der Waals surface area contributed by atoms with E-state index in [9.17, 15) is 4.79 Å². The average molecular weight is 292 g/mol. The van der Waals surface area contributed by atoms with Gasteiger partial charge in [-0.2, -0.15) is 0 Å². The fraction of sp³-hybridized carbons (Fsp3) is 0.438. The van der Waals surface area contributed by atoms with Gasteiger partial charge in [0, 0.05) is 24.8 Å². The molecule has 0 aliphatic heterocycles. The van der Waals surface area contributed by atoms with Crippen LogP contribution in [-0.2, 0) is 19.7 Å². The second-order valence-electron chi connectivity index (χ2n) is 4.73. The Bertz CT molecular complexity index is 419. The van der Waals surface area contributed by atoms with Crippen LogP contribution in [0, 0.1) is 0 Å². The lowest BCUT2D eigenvalue weighted by atomic mass is 10.2.